The molecule has 0 amide bonds. The number of aromatic nitrogens is 4. The first-order valence-corrected chi connectivity index (χ1v) is 7.10. The molecule has 1 heterocycles. The summed E-state index contributed by atoms with van der Waals surface area (Å²) in [5, 5.41) is 22.6. The lowest BCUT2D eigenvalue weighted by molar-refractivity contribution is -0.138. The number of H-pyrrole nitrogens is 1. The lowest BCUT2D eigenvalue weighted by Crippen LogP contribution is -2.32. The molecule has 8 heteroatoms. The number of carboxylic acids is 1. The molecule has 0 bridgehead atoms. The molecule has 2 rings (SSSR count). The first-order chi connectivity index (χ1) is 9.56. The molecule has 1 aromatic carbocycles. The molecule has 106 valence electrons. The van der Waals surface area contributed by atoms with Crippen molar-refractivity contribution in [2.45, 2.75) is 24.8 Å². The van der Waals surface area contributed by atoms with E-state index < -0.39 is 12.0 Å². The number of tetrazole rings is 1. The molecule has 2 unspecified atom stereocenters. The molecule has 2 atom stereocenters. The topological polar surface area (TPSA) is 118 Å². The first kappa shape index (κ1) is 14.9. The summed E-state index contributed by atoms with van der Waals surface area (Å²) in [5.41, 5.74) is 6.71. The van der Waals surface area contributed by atoms with Crippen molar-refractivity contribution in [3.63, 3.8) is 0 Å². The second kappa shape index (κ2) is 6.75. The number of carbonyl (C=O) groups is 1. The zero-order valence-electron chi connectivity index (χ0n) is 10.5. The van der Waals surface area contributed by atoms with Gasteiger partial charge in [-0.1, -0.05) is 12.1 Å². The number of hydrogen-bond donors (Lipinski definition) is 3. The molecule has 0 radical (unpaired) electrons. The van der Waals surface area contributed by atoms with Crippen LogP contribution in [0.4, 0.5) is 0 Å². The molecule has 4 N–H and O–H groups in total. The molecule has 2 aromatic rings. The Morgan fingerprint density at radius 2 is 2.10 bits per heavy atom. The molecule has 0 saturated heterocycles. The molecule has 0 aliphatic heterocycles. The SMILES string of the molecule is NC(CC(Cc1ccc(I)cc1)c1nnn[nH]1)C(=O)O. The van der Waals surface area contributed by atoms with Gasteiger partial charge in [0.25, 0.3) is 0 Å². The van der Waals surface area contributed by atoms with Gasteiger partial charge in [-0.2, -0.15) is 0 Å². The average Bonchev–Trinajstić information content (AvgIpc) is 2.94. The Hall–Kier alpha value is -1.55. The van der Waals surface area contributed by atoms with Crippen LogP contribution in [0.5, 0.6) is 0 Å². The number of rotatable bonds is 6. The fraction of sp³-hybridized carbons (Fsp3) is 0.333. The molecule has 1 aromatic heterocycles. The lowest BCUT2D eigenvalue weighted by Gasteiger charge is -2.16. The Kier molecular flexibility index (Phi) is 5.01. The average molecular weight is 387 g/mol. The van der Waals surface area contributed by atoms with E-state index in [1.54, 1.807) is 0 Å². The number of nitrogens with zero attached hydrogens (tertiary/aromatic N) is 3. The quantitative estimate of drug-likeness (QED) is 0.635. The van der Waals surface area contributed by atoms with Crippen LogP contribution < -0.4 is 5.73 Å². The maximum Gasteiger partial charge on any atom is 0.320 e. The van der Waals surface area contributed by atoms with Gasteiger partial charge < -0.3 is 10.8 Å². The Bertz CT molecular complexity index is 558. The predicted octanol–water partition coefficient (Wildman–Crippen LogP) is 0.933. The molecular formula is C12H14IN5O2. The van der Waals surface area contributed by atoms with Crippen LogP contribution in [-0.4, -0.2) is 37.7 Å². The minimum atomic E-state index is -1.02. The zero-order valence-corrected chi connectivity index (χ0v) is 12.7. The number of aromatic amines is 1. The highest BCUT2D eigenvalue weighted by molar-refractivity contribution is 14.1. The van der Waals surface area contributed by atoms with Gasteiger partial charge in [-0.3, -0.25) is 4.79 Å². The van der Waals surface area contributed by atoms with Crippen molar-refractivity contribution in [1.29, 1.82) is 0 Å². The Balaban J connectivity index is 2.14. The molecule has 0 fully saturated rings. The van der Waals surface area contributed by atoms with Crippen LogP contribution in [0, 0.1) is 3.57 Å². The Morgan fingerprint density at radius 1 is 1.40 bits per heavy atom. The van der Waals surface area contributed by atoms with Crippen LogP contribution in [0.15, 0.2) is 24.3 Å². The number of aliphatic carboxylic acids is 1. The van der Waals surface area contributed by atoms with Crippen LogP contribution in [-0.2, 0) is 11.2 Å². The van der Waals surface area contributed by atoms with Crippen molar-refractivity contribution in [1.82, 2.24) is 20.6 Å². The van der Waals surface area contributed by atoms with E-state index in [1.165, 1.54) is 0 Å². The second-order valence-corrected chi connectivity index (χ2v) is 5.74. The van der Waals surface area contributed by atoms with Gasteiger partial charge in [0.05, 0.1) is 0 Å². The van der Waals surface area contributed by atoms with E-state index in [9.17, 15) is 4.79 Å². The fourth-order valence-electron chi connectivity index (χ4n) is 1.94. The van der Waals surface area contributed by atoms with Crippen LogP contribution >= 0.6 is 22.6 Å². The molecule has 0 spiro atoms. The van der Waals surface area contributed by atoms with Crippen LogP contribution in [0.2, 0.25) is 0 Å². The maximum atomic E-state index is 10.9. The highest BCUT2D eigenvalue weighted by atomic mass is 127. The van der Waals surface area contributed by atoms with Gasteiger partial charge in [0.2, 0.25) is 0 Å². The van der Waals surface area contributed by atoms with E-state index in [4.69, 9.17) is 10.8 Å². The Labute approximate surface area is 129 Å². The minimum Gasteiger partial charge on any atom is -0.480 e. The van der Waals surface area contributed by atoms with Crippen molar-refractivity contribution in [2.75, 3.05) is 0 Å². The van der Waals surface area contributed by atoms with Crippen LogP contribution in [0.3, 0.4) is 0 Å². The van der Waals surface area contributed by atoms with Gasteiger partial charge >= 0.3 is 5.97 Å². The number of benzene rings is 1. The van der Waals surface area contributed by atoms with Gasteiger partial charge in [0, 0.05) is 9.49 Å². The van der Waals surface area contributed by atoms with Crippen molar-refractivity contribution < 1.29 is 9.90 Å². The van der Waals surface area contributed by atoms with Crippen LogP contribution in [0.25, 0.3) is 0 Å². The summed E-state index contributed by atoms with van der Waals surface area (Å²) >= 11 is 2.23. The van der Waals surface area contributed by atoms with E-state index in [2.05, 4.69) is 43.2 Å². The third-order valence-electron chi connectivity index (χ3n) is 3.00. The fourth-order valence-corrected chi connectivity index (χ4v) is 2.30. The molecule has 0 saturated carbocycles. The summed E-state index contributed by atoms with van der Waals surface area (Å²) in [6, 6.07) is 7.08. The minimum absolute atomic E-state index is 0.156. The first-order valence-electron chi connectivity index (χ1n) is 6.02. The summed E-state index contributed by atoms with van der Waals surface area (Å²) in [4.78, 5) is 10.9. The predicted molar refractivity (Wildman–Crippen MR) is 80.0 cm³/mol. The van der Waals surface area contributed by atoms with Gasteiger partial charge in [-0.05, 0) is 63.6 Å². The molecular weight excluding hydrogens is 373 g/mol. The molecule has 7 nitrogen and oxygen atoms in total. The monoisotopic (exact) mass is 387 g/mol. The van der Waals surface area contributed by atoms with Crippen molar-refractivity contribution in [3.8, 4) is 0 Å². The summed E-state index contributed by atoms with van der Waals surface area (Å²) < 4.78 is 1.14. The number of carboxylic acid groups (broad SMARTS) is 1. The standard InChI is InChI=1S/C12H14IN5O2/c13-9-3-1-7(2-4-9)5-8(6-10(14)12(19)20)11-15-17-18-16-11/h1-4,8,10H,5-6,14H2,(H,19,20)(H,15,16,17,18). The van der Waals surface area contributed by atoms with Gasteiger partial charge in [-0.25, -0.2) is 5.10 Å². The summed E-state index contributed by atoms with van der Waals surface area (Å²) in [6.07, 6.45) is 0.910. The van der Waals surface area contributed by atoms with Crippen molar-refractivity contribution in [2.24, 2.45) is 5.73 Å². The third kappa shape index (κ3) is 3.97. The zero-order chi connectivity index (χ0) is 14.5. The van der Waals surface area contributed by atoms with Gasteiger partial charge in [-0.15, -0.1) is 5.10 Å². The molecule has 0 aliphatic carbocycles. The number of hydrogen-bond acceptors (Lipinski definition) is 5. The normalized spacial score (nSPS) is 13.9. The Morgan fingerprint density at radius 3 is 2.65 bits per heavy atom. The van der Waals surface area contributed by atoms with E-state index >= 15 is 0 Å². The van der Waals surface area contributed by atoms with E-state index in [0.29, 0.717) is 12.2 Å². The maximum absolute atomic E-state index is 10.9. The number of halogens is 1. The summed E-state index contributed by atoms with van der Waals surface area (Å²) in [7, 11) is 0. The number of nitrogens with one attached hydrogen (secondary N) is 1. The highest BCUT2D eigenvalue weighted by Gasteiger charge is 2.23. The molecule has 0 aliphatic rings. The summed E-state index contributed by atoms with van der Waals surface area (Å²) in [5.74, 6) is -0.624. The van der Waals surface area contributed by atoms with Crippen molar-refractivity contribution in [3.05, 3.63) is 39.2 Å². The van der Waals surface area contributed by atoms with Crippen LogP contribution in [0.1, 0.15) is 23.7 Å². The highest BCUT2D eigenvalue weighted by Crippen LogP contribution is 2.22. The molecule has 20 heavy (non-hydrogen) atoms. The summed E-state index contributed by atoms with van der Waals surface area (Å²) in [6.45, 7) is 0. The van der Waals surface area contributed by atoms with Gasteiger partial charge in [0.15, 0.2) is 5.82 Å². The largest absolute Gasteiger partial charge is 0.480 e. The van der Waals surface area contributed by atoms with E-state index in [-0.39, 0.29) is 12.3 Å². The van der Waals surface area contributed by atoms with Gasteiger partial charge in [0.1, 0.15) is 6.04 Å². The smallest absolute Gasteiger partial charge is 0.320 e. The second-order valence-electron chi connectivity index (χ2n) is 4.49. The third-order valence-corrected chi connectivity index (χ3v) is 3.72. The lowest BCUT2D eigenvalue weighted by atomic mass is 9.92. The van der Waals surface area contributed by atoms with E-state index in [1.807, 2.05) is 24.3 Å². The van der Waals surface area contributed by atoms with E-state index in [0.717, 1.165) is 9.13 Å². The van der Waals surface area contributed by atoms with Crippen molar-refractivity contribution >= 4 is 28.6 Å². The number of nitrogens with two attached hydrogens (primary N) is 1.